The van der Waals surface area contributed by atoms with Crippen LogP contribution in [0.1, 0.15) is 10.4 Å². The topological polar surface area (TPSA) is 75.7 Å². The number of hydrogen-bond acceptors (Lipinski definition) is 4. The summed E-state index contributed by atoms with van der Waals surface area (Å²) in [6, 6.07) is 12.4. The van der Waals surface area contributed by atoms with Crippen LogP contribution in [0.5, 0.6) is 5.75 Å². The molecule has 0 unspecified atom stereocenters. The van der Waals surface area contributed by atoms with Gasteiger partial charge in [-0.1, -0.05) is 6.07 Å². The Morgan fingerprint density at radius 3 is 2.30 bits per heavy atom. The summed E-state index contributed by atoms with van der Waals surface area (Å²) in [7, 11) is 1.05. The van der Waals surface area contributed by atoms with Crippen LogP contribution in [0.25, 0.3) is 0 Å². The first-order valence-electron chi connectivity index (χ1n) is 6.82. The van der Waals surface area contributed by atoms with E-state index in [1.165, 1.54) is 30.2 Å². The predicted molar refractivity (Wildman–Crippen MR) is 88.3 cm³/mol. The summed E-state index contributed by atoms with van der Waals surface area (Å²) in [5.41, 5.74) is 0.735. The average Bonchev–Trinajstić information content (AvgIpc) is 2.54. The molecule has 0 aromatic heterocycles. The Hall–Kier alpha value is -2.54. The van der Waals surface area contributed by atoms with E-state index in [4.69, 9.17) is 4.74 Å². The van der Waals surface area contributed by atoms with Gasteiger partial charge in [0.05, 0.1) is 12.0 Å². The van der Waals surface area contributed by atoms with Gasteiger partial charge in [-0.15, -0.1) is 0 Å². The number of nitrogens with one attached hydrogen (secondary N) is 1. The zero-order valence-corrected chi connectivity index (χ0v) is 13.9. The van der Waals surface area contributed by atoms with Gasteiger partial charge in [0.25, 0.3) is 15.9 Å². The van der Waals surface area contributed by atoms with Gasteiger partial charge in [-0.05, 0) is 42.5 Å². The van der Waals surface area contributed by atoms with Gasteiger partial charge in [0.1, 0.15) is 5.75 Å². The van der Waals surface area contributed by atoms with E-state index in [1.54, 1.807) is 44.4 Å². The summed E-state index contributed by atoms with van der Waals surface area (Å²) in [5, 5.41) is 0. The van der Waals surface area contributed by atoms with Crippen LogP contribution in [0.2, 0.25) is 0 Å². The smallest absolute Gasteiger partial charge is 0.261 e. The third-order valence-electron chi connectivity index (χ3n) is 3.14. The summed E-state index contributed by atoms with van der Waals surface area (Å²) in [6.45, 7) is 0. The van der Waals surface area contributed by atoms with Crippen LogP contribution < -0.4 is 9.46 Å². The fourth-order valence-corrected chi connectivity index (χ4v) is 2.99. The lowest BCUT2D eigenvalue weighted by atomic mass is 10.2. The third kappa shape index (κ3) is 4.01. The maximum Gasteiger partial charge on any atom is 0.261 e. The maximum atomic E-state index is 12.4. The summed E-state index contributed by atoms with van der Waals surface area (Å²) in [5.74, 6) is 0.373. The first kappa shape index (κ1) is 16.8. The van der Waals surface area contributed by atoms with Crippen LogP contribution in [0.15, 0.2) is 53.4 Å². The van der Waals surface area contributed by atoms with E-state index in [0.717, 1.165) is 0 Å². The van der Waals surface area contributed by atoms with Crippen molar-refractivity contribution in [3.05, 3.63) is 54.1 Å². The lowest BCUT2D eigenvalue weighted by Gasteiger charge is -2.12. The Labute approximate surface area is 135 Å². The number of sulfonamides is 1. The fourth-order valence-electron chi connectivity index (χ4n) is 1.94. The summed E-state index contributed by atoms with van der Waals surface area (Å²) >= 11 is 0. The number of carbonyl (C=O) groups is 1. The lowest BCUT2D eigenvalue weighted by molar-refractivity contribution is 0.0827. The molecule has 1 N–H and O–H groups in total. The zero-order valence-electron chi connectivity index (χ0n) is 13.1. The zero-order chi connectivity index (χ0) is 17.0. The molecule has 0 fully saturated rings. The van der Waals surface area contributed by atoms with Crippen molar-refractivity contribution in [3.63, 3.8) is 0 Å². The van der Waals surface area contributed by atoms with Gasteiger partial charge in [0.2, 0.25) is 0 Å². The molecule has 23 heavy (non-hydrogen) atoms. The van der Waals surface area contributed by atoms with Crippen molar-refractivity contribution >= 4 is 21.6 Å². The second-order valence-corrected chi connectivity index (χ2v) is 6.74. The van der Waals surface area contributed by atoms with Gasteiger partial charge >= 0.3 is 0 Å². The highest BCUT2D eigenvalue weighted by atomic mass is 32.2. The highest BCUT2D eigenvalue weighted by Gasteiger charge is 2.15. The van der Waals surface area contributed by atoms with Crippen molar-refractivity contribution < 1.29 is 17.9 Å². The van der Waals surface area contributed by atoms with E-state index in [-0.39, 0.29) is 10.8 Å². The van der Waals surface area contributed by atoms with Crippen molar-refractivity contribution in [2.75, 3.05) is 25.9 Å². The quantitative estimate of drug-likeness (QED) is 0.909. The molecule has 2 aromatic carbocycles. The number of anilines is 1. The SMILES string of the molecule is COc1ccc(S(=O)(=O)Nc2cccc(C(=O)N(C)C)c2)cc1. The highest BCUT2D eigenvalue weighted by molar-refractivity contribution is 7.92. The summed E-state index contributed by atoms with van der Waals surface area (Å²) in [6.07, 6.45) is 0. The van der Waals surface area contributed by atoms with Gasteiger partial charge in [-0.25, -0.2) is 8.42 Å². The molecule has 0 saturated carbocycles. The molecule has 0 heterocycles. The molecule has 7 heteroatoms. The normalized spacial score (nSPS) is 10.9. The van der Waals surface area contributed by atoms with Crippen LogP contribution in [0, 0.1) is 0 Å². The Morgan fingerprint density at radius 2 is 1.74 bits per heavy atom. The number of hydrogen-bond donors (Lipinski definition) is 1. The molecule has 2 rings (SSSR count). The molecule has 0 aliphatic rings. The Morgan fingerprint density at radius 1 is 1.09 bits per heavy atom. The lowest BCUT2D eigenvalue weighted by Crippen LogP contribution is -2.22. The Bertz CT molecular complexity index is 799. The largest absolute Gasteiger partial charge is 0.497 e. The Kier molecular flexibility index (Phi) is 4.90. The van der Waals surface area contributed by atoms with E-state index in [1.807, 2.05) is 0 Å². The van der Waals surface area contributed by atoms with Crippen LogP contribution in [0.4, 0.5) is 5.69 Å². The van der Waals surface area contributed by atoms with E-state index in [0.29, 0.717) is 17.0 Å². The number of nitrogens with zero attached hydrogens (tertiary/aromatic N) is 1. The van der Waals surface area contributed by atoms with Gasteiger partial charge in [0.15, 0.2) is 0 Å². The number of rotatable bonds is 5. The van der Waals surface area contributed by atoms with Crippen LogP contribution in [-0.4, -0.2) is 40.4 Å². The van der Waals surface area contributed by atoms with Gasteiger partial charge in [0, 0.05) is 25.3 Å². The third-order valence-corrected chi connectivity index (χ3v) is 4.53. The minimum atomic E-state index is -3.73. The van der Waals surface area contributed by atoms with E-state index in [2.05, 4.69) is 4.72 Å². The molecule has 0 saturated heterocycles. The summed E-state index contributed by atoms with van der Waals surface area (Å²) in [4.78, 5) is 13.5. The number of ether oxygens (including phenoxy) is 1. The van der Waals surface area contributed by atoms with Crippen LogP contribution >= 0.6 is 0 Å². The highest BCUT2D eigenvalue weighted by Crippen LogP contribution is 2.20. The molecule has 2 aromatic rings. The molecular weight excluding hydrogens is 316 g/mol. The van der Waals surface area contributed by atoms with Crippen molar-refractivity contribution in [3.8, 4) is 5.75 Å². The molecule has 0 radical (unpaired) electrons. The van der Waals surface area contributed by atoms with E-state index < -0.39 is 10.0 Å². The Balaban J connectivity index is 2.26. The molecule has 0 spiro atoms. The minimum Gasteiger partial charge on any atom is -0.497 e. The van der Waals surface area contributed by atoms with Crippen molar-refractivity contribution in [2.24, 2.45) is 0 Å². The van der Waals surface area contributed by atoms with Gasteiger partial charge in [-0.2, -0.15) is 0 Å². The van der Waals surface area contributed by atoms with E-state index >= 15 is 0 Å². The first-order chi connectivity index (χ1) is 10.8. The second kappa shape index (κ2) is 6.70. The molecule has 0 atom stereocenters. The number of methoxy groups -OCH3 is 1. The molecule has 122 valence electrons. The fraction of sp³-hybridized carbons (Fsp3) is 0.188. The van der Waals surface area contributed by atoms with E-state index in [9.17, 15) is 13.2 Å². The van der Waals surface area contributed by atoms with Crippen LogP contribution in [0.3, 0.4) is 0 Å². The van der Waals surface area contributed by atoms with Gasteiger partial charge in [-0.3, -0.25) is 9.52 Å². The summed E-state index contributed by atoms with van der Waals surface area (Å²) < 4.78 is 32.2. The molecule has 0 aliphatic carbocycles. The molecular formula is C16H18N2O4S. The number of amides is 1. The molecule has 6 nitrogen and oxygen atoms in total. The number of benzene rings is 2. The predicted octanol–water partition coefficient (Wildman–Crippen LogP) is 2.20. The first-order valence-corrected chi connectivity index (χ1v) is 8.30. The molecule has 1 amide bonds. The average molecular weight is 334 g/mol. The monoisotopic (exact) mass is 334 g/mol. The van der Waals surface area contributed by atoms with Crippen molar-refractivity contribution in [1.29, 1.82) is 0 Å². The molecule has 0 bridgehead atoms. The maximum absolute atomic E-state index is 12.4. The van der Waals surface area contributed by atoms with Crippen molar-refractivity contribution in [1.82, 2.24) is 4.90 Å². The van der Waals surface area contributed by atoms with Crippen LogP contribution in [-0.2, 0) is 10.0 Å². The van der Waals surface area contributed by atoms with Crippen molar-refractivity contribution in [2.45, 2.75) is 4.90 Å². The minimum absolute atomic E-state index is 0.114. The molecule has 0 aliphatic heterocycles. The number of carbonyl (C=O) groups excluding carboxylic acids is 1. The van der Waals surface area contributed by atoms with Gasteiger partial charge < -0.3 is 9.64 Å². The standard InChI is InChI=1S/C16H18N2O4S/c1-18(2)16(19)12-5-4-6-13(11-12)17-23(20,21)15-9-7-14(22-3)8-10-15/h4-11,17H,1-3H3. The second-order valence-electron chi connectivity index (χ2n) is 5.06.